The van der Waals surface area contributed by atoms with Gasteiger partial charge in [0.15, 0.2) is 0 Å². The Morgan fingerprint density at radius 3 is 2.80 bits per heavy atom. The van der Waals surface area contributed by atoms with Crippen LogP contribution in [0.1, 0.15) is 5.56 Å². The second-order valence-electron chi connectivity index (χ2n) is 3.40. The predicted molar refractivity (Wildman–Crippen MR) is 60.4 cm³/mol. The summed E-state index contributed by atoms with van der Waals surface area (Å²) < 4.78 is 12.8. The van der Waals surface area contributed by atoms with Gasteiger partial charge in [0.05, 0.1) is 5.56 Å². The molecule has 1 aromatic carbocycles. The number of nitriles is 1. The number of hydrogen-bond acceptors (Lipinski definition) is 3. The van der Waals surface area contributed by atoms with Crippen molar-refractivity contribution in [3.63, 3.8) is 0 Å². The van der Waals surface area contributed by atoms with E-state index in [0.717, 1.165) is 17.2 Å². The molecule has 0 aliphatic carbocycles. The van der Waals surface area contributed by atoms with Crippen molar-refractivity contribution in [1.82, 2.24) is 4.90 Å². The van der Waals surface area contributed by atoms with Crippen LogP contribution in [0.15, 0.2) is 23.1 Å². The topological polar surface area (TPSA) is 27.0 Å². The van der Waals surface area contributed by atoms with E-state index in [9.17, 15) is 4.39 Å². The smallest absolute Gasteiger partial charge is 0.124 e. The first-order valence-electron chi connectivity index (χ1n) is 4.60. The number of rotatable bonds is 4. The summed E-state index contributed by atoms with van der Waals surface area (Å²) in [5.74, 6) is 0.538. The van der Waals surface area contributed by atoms with Crippen molar-refractivity contribution < 1.29 is 4.39 Å². The van der Waals surface area contributed by atoms with Crippen LogP contribution in [0.25, 0.3) is 0 Å². The number of nitrogens with zero attached hydrogens (tertiary/aromatic N) is 2. The Balaban J connectivity index is 2.65. The Morgan fingerprint density at radius 1 is 1.47 bits per heavy atom. The lowest BCUT2D eigenvalue weighted by atomic mass is 10.2. The minimum Gasteiger partial charge on any atom is -0.309 e. The molecule has 0 aliphatic rings. The Kier molecular flexibility index (Phi) is 4.60. The van der Waals surface area contributed by atoms with Gasteiger partial charge in [0.25, 0.3) is 0 Å². The first kappa shape index (κ1) is 12.0. The molecule has 1 rings (SSSR count). The normalized spacial score (nSPS) is 10.3. The molecule has 0 N–H and O–H groups in total. The van der Waals surface area contributed by atoms with Gasteiger partial charge in [-0.15, -0.1) is 11.8 Å². The summed E-state index contributed by atoms with van der Waals surface area (Å²) in [6.45, 7) is 0.937. The van der Waals surface area contributed by atoms with E-state index in [0.29, 0.717) is 5.56 Å². The first-order valence-corrected chi connectivity index (χ1v) is 5.59. The zero-order valence-electron chi connectivity index (χ0n) is 8.83. The van der Waals surface area contributed by atoms with Crippen LogP contribution in [-0.2, 0) is 0 Å². The van der Waals surface area contributed by atoms with Gasteiger partial charge < -0.3 is 4.90 Å². The average Bonchev–Trinajstić information content (AvgIpc) is 2.19. The van der Waals surface area contributed by atoms with Crippen molar-refractivity contribution in [1.29, 1.82) is 5.26 Å². The third-order valence-corrected chi connectivity index (χ3v) is 2.91. The lowest BCUT2D eigenvalue weighted by molar-refractivity contribution is 0.437. The van der Waals surface area contributed by atoms with Gasteiger partial charge in [0, 0.05) is 17.2 Å². The molecule has 1 aromatic rings. The summed E-state index contributed by atoms with van der Waals surface area (Å²) in [5, 5.41) is 8.81. The zero-order chi connectivity index (χ0) is 11.3. The molecule has 0 spiro atoms. The lowest BCUT2D eigenvalue weighted by Gasteiger charge is -2.09. The third-order valence-electron chi connectivity index (χ3n) is 1.86. The molecule has 0 saturated carbocycles. The molecular formula is C11H13FN2S. The molecule has 0 fully saturated rings. The lowest BCUT2D eigenvalue weighted by Crippen LogP contribution is -2.14. The fraction of sp³-hybridized carbons (Fsp3) is 0.364. The van der Waals surface area contributed by atoms with Crippen LogP contribution in [0.5, 0.6) is 0 Å². The van der Waals surface area contributed by atoms with Crippen molar-refractivity contribution in [3.05, 3.63) is 29.6 Å². The van der Waals surface area contributed by atoms with Crippen molar-refractivity contribution in [2.75, 3.05) is 26.4 Å². The summed E-state index contributed by atoms with van der Waals surface area (Å²) in [4.78, 5) is 2.92. The fourth-order valence-electron chi connectivity index (χ4n) is 1.05. The summed E-state index contributed by atoms with van der Waals surface area (Å²) in [6.07, 6.45) is 0. The zero-order valence-corrected chi connectivity index (χ0v) is 9.64. The number of hydrogen-bond donors (Lipinski definition) is 0. The van der Waals surface area contributed by atoms with Crippen molar-refractivity contribution in [3.8, 4) is 6.07 Å². The maximum atomic E-state index is 12.8. The molecule has 2 nitrogen and oxygen atoms in total. The molecule has 0 radical (unpaired) electrons. The number of thioether (sulfide) groups is 1. The van der Waals surface area contributed by atoms with Gasteiger partial charge in [-0.25, -0.2) is 4.39 Å². The molecule has 0 atom stereocenters. The Bertz CT molecular complexity index is 371. The van der Waals surface area contributed by atoms with Gasteiger partial charge in [-0.3, -0.25) is 0 Å². The largest absolute Gasteiger partial charge is 0.309 e. The van der Waals surface area contributed by atoms with Crippen LogP contribution in [0.3, 0.4) is 0 Å². The molecule has 0 aliphatic heterocycles. The van der Waals surface area contributed by atoms with Gasteiger partial charge in [-0.1, -0.05) is 0 Å². The number of halogens is 1. The Labute approximate surface area is 93.7 Å². The standard InChI is InChI=1S/C11H13FN2S/c1-14(2)5-6-15-11-4-3-10(12)7-9(11)8-13/h3-4,7H,5-6H2,1-2H3. The van der Waals surface area contributed by atoms with Crippen LogP contribution in [-0.4, -0.2) is 31.3 Å². The molecular weight excluding hydrogens is 211 g/mol. The Morgan fingerprint density at radius 2 is 2.20 bits per heavy atom. The first-order chi connectivity index (χ1) is 7.13. The van der Waals surface area contributed by atoms with E-state index in [4.69, 9.17) is 5.26 Å². The molecule has 0 unspecified atom stereocenters. The van der Waals surface area contributed by atoms with Crippen molar-refractivity contribution in [2.45, 2.75) is 4.90 Å². The van der Waals surface area contributed by atoms with Crippen LogP contribution in [0, 0.1) is 17.1 Å². The highest BCUT2D eigenvalue weighted by Crippen LogP contribution is 2.22. The minimum atomic E-state index is -0.358. The monoisotopic (exact) mass is 224 g/mol. The van der Waals surface area contributed by atoms with E-state index in [1.165, 1.54) is 12.1 Å². The summed E-state index contributed by atoms with van der Waals surface area (Å²) in [5.41, 5.74) is 0.416. The van der Waals surface area contributed by atoms with Crippen molar-refractivity contribution >= 4 is 11.8 Å². The molecule has 0 heterocycles. The molecule has 4 heteroatoms. The highest BCUT2D eigenvalue weighted by molar-refractivity contribution is 7.99. The van der Waals surface area contributed by atoms with Crippen LogP contribution < -0.4 is 0 Å². The SMILES string of the molecule is CN(C)CCSc1ccc(F)cc1C#N. The third kappa shape index (κ3) is 3.90. The maximum Gasteiger partial charge on any atom is 0.124 e. The van der Waals surface area contributed by atoms with E-state index in [2.05, 4.69) is 4.90 Å². The maximum absolute atomic E-state index is 12.8. The summed E-state index contributed by atoms with van der Waals surface area (Å²) in [6, 6.07) is 6.32. The predicted octanol–water partition coefficient (Wildman–Crippen LogP) is 2.35. The molecule has 0 aromatic heterocycles. The van der Waals surface area contributed by atoms with Crippen molar-refractivity contribution in [2.24, 2.45) is 0 Å². The molecule has 15 heavy (non-hydrogen) atoms. The van der Waals surface area contributed by atoms with E-state index in [-0.39, 0.29) is 5.82 Å². The van der Waals surface area contributed by atoms with Gasteiger partial charge >= 0.3 is 0 Å². The second-order valence-corrected chi connectivity index (χ2v) is 4.54. The van der Waals surface area contributed by atoms with E-state index >= 15 is 0 Å². The van der Waals surface area contributed by atoms with Gasteiger partial charge in [-0.05, 0) is 32.3 Å². The molecule has 80 valence electrons. The second kappa shape index (κ2) is 5.74. The minimum absolute atomic E-state index is 0.358. The average molecular weight is 224 g/mol. The Hall–Kier alpha value is -1.05. The molecule has 0 bridgehead atoms. The van der Waals surface area contributed by atoms with Crippen LogP contribution in [0.4, 0.5) is 4.39 Å². The highest BCUT2D eigenvalue weighted by Gasteiger charge is 2.04. The van der Waals surface area contributed by atoms with Crippen LogP contribution in [0.2, 0.25) is 0 Å². The quantitative estimate of drug-likeness (QED) is 0.735. The number of benzene rings is 1. The highest BCUT2D eigenvalue weighted by atomic mass is 32.2. The van der Waals surface area contributed by atoms with E-state index in [1.54, 1.807) is 17.8 Å². The van der Waals surface area contributed by atoms with Gasteiger partial charge in [0.2, 0.25) is 0 Å². The molecule has 0 amide bonds. The van der Waals surface area contributed by atoms with Gasteiger partial charge in [0.1, 0.15) is 11.9 Å². The molecule has 0 saturated heterocycles. The van der Waals surface area contributed by atoms with Gasteiger partial charge in [-0.2, -0.15) is 5.26 Å². The van der Waals surface area contributed by atoms with E-state index < -0.39 is 0 Å². The fourth-order valence-corrected chi connectivity index (χ4v) is 2.15. The van der Waals surface area contributed by atoms with E-state index in [1.807, 2.05) is 20.2 Å². The summed E-state index contributed by atoms with van der Waals surface area (Å²) in [7, 11) is 3.99. The summed E-state index contributed by atoms with van der Waals surface area (Å²) >= 11 is 1.58. The van der Waals surface area contributed by atoms with Crippen LogP contribution >= 0.6 is 11.8 Å².